The Morgan fingerprint density at radius 3 is 2.67 bits per heavy atom. The predicted molar refractivity (Wildman–Crippen MR) is 109 cm³/mol. The highest BCUT2D eigenvalue weighted by Gasteiger charge is 2.30. The molecule has 5 nitrogen and oxygen atoms in total. The Morgan fingerprint density at radius 2 is 2.03 bits per heavy atom. The standard InChI is InChI=1S/C21H19F3N4OS/c1-4-17-8-14(11-25)20(30-17)26-19(29)10-18-12(2)27-28(13(18)3)16-7-5-6-15(9-16)21(22,23)24/h5-9H,4,10H2,1-3H3,(H,26,29). The number of thiophene rings is 1. The quantitative estimate of drug-likeness (QED) is 0.604. The number of alkyl halides is 3. The molecular weight excluding hydrogens is 413 g/mol. The maximum absolute atomic E-state index is 13.0. The summed E-state index contributed by atoms with van der Waals surface area (Å²) in [5.74, 6) is -0.314. The third-order valence-corrected chi connectivity index (χ3v) is 5.90. The predicted octanol–water partition coefficient (Wildman–Crippen LogP) is 5.18. The monoisotopic (exact) mass is 432 g/mol. The Hall–Kier alpha value is -3.12. The van der Waals surface area contributed by atoms with Crippen molar-refractivity contribution in [3.05, 3.63) is 63.3 Å². The average molecular weight is 432 g/mol. The number of aryl methyl sites for hydroxylation is 2. The first-order valence-electron chi connectivity index (χ1n) is 9.19. The molecule has 2 aromatic heterocycles. The Balaban J connectivity index is 1.86. The van der Waals surface area contributed by atoms with E-state index in [-0.39, 0.29) is 18.0 Å². The number of aromatic nitrogens is 2. The summed E-state index contributed by atoms with van der Waals surface area (Å²) in [5, 5.41) is 16.8. The van der Waals surface area contributed by atoms with Crippen LogP contribution in [-0.4, -0.2) is 15.7 Å². The van der Waals surface area contributed by atoms with Crippen LogP contribution in [0.5, 0.6) is 0 Å². The van der Waals surface area contributed by atoms with Crippen molar-refractivity contribution in [1.82, 2.24) is 9.78 Å². The fourth-order valence-electron chi connectivity index (χ4n) is 3.12. The van der Waals surface area contributed by atoms with Gasteiger partial charge in [0.25, 0.3) is 0 Å². The number of carbonyl (C=O) groups excluding carboxylic acids is 1. The molecule has 0 bridgehead atoms. The van der Waals surface area contributed by atoms with Gasteiger partial charge in [0.2, 0.25) is 5.91 Å². The molecular formula is C21H19F3N4OS. The van der Waals surface area contributed by atoms with Gasteiger partial charge in [0, 0.05) is 16.1 Å². The molecule has 2 heterocycles. The first kappa shape index (κ1) is 21.6. The summed E-state index contributed by atoms with van der Waals surface area (Å²) in [6.45, 7) is 5.39. The van der Waals surface area contributed by atoms with E-state index in [1.165, 1.54) is 28.2 Å². The van der Waals surface area contributed by atoms with Crippen LogP contribution >= 0.6 is 11.3 Å². The molecule has 0 aliphatic rings. The summed E-state index contributed by atoms with van der Waals surface area (Å²) < 4.78 is 40.5. The highest BCUT2D eigenvalue weighted by molar-refractivity contribution is 7.16. The van der Waals surface area contributed by atoms with E-state index in [0.29, 0.717) is 27.5 Å². The van der Waals surface area contributed by atoms with E-state index in [2.05, 4.69) is 16.5 Å². The van der Waals surface area contributed by atoms with Gasteiger partial charge >= 0.3 is 6.18 Å². The van der Waals surface area contributed by atoms with Crippen molar-refractivity contribution in [2.45, 2.75) is 39.8 Å². The van der Waals surface area contributed by atoms with Gasteiger partial charge in [-0.1, -0.05) is 13.0 Å². The van der Waals surface area contributed by atoms with Gasteiger partial charge in [0.15, 0.2) is 0 Å². The van der Waals surface area contributed by atoms with E-state index in [9.17, 15) is 23.2 Å². The third kappa shape index (κ3) is 4.39. The Morgan fingerprint density at radius 1 is 1.30 bits per heavy atom. The summed E-state index contributed by atoms with van der Waals surface area (Å²) in [5.41, 5.74) is 1.70. The lowest BCUT2D eigenvalue weighted by Gasteiger charge is -2.10. The van der Waals surface area contributed by atoms with Gasteiger partial charge in [-0.2, -0.15) is 23.5 Å². The fraction of sp³-hybridized carbons (Fsp3) is 0.286. The molecule has 0 unspecified atom stereocenters. The lowest BCUT2D eigenvalue weighted by molar-refractivity contribution is -0.137. The summed E-state index contributed by atoms with van der Waals surface area (Å²) in [6, 6.07) is 8.72. The Kier molecular flexibility index (Phi) is 5.99. The van der Waals surface area contributed by atoms with E-state index in [4.69, 9.17) is 0 Å². The second-order valence-electron chi connectivity index (χ2n) is 6.76. The van der Waals surface area contributed by atoms with Crippen molar-refractivity contribution < 1.29 is 18.0 Å². The zero-order valence-corrected chi connectivity index (χ0v) is 17.4. The molecule has 1 aromatic carbocycles. The molecule has 0 aliphatic heterocycles. The minimum atomic E-state index is -4.45. The third-order valence-electron chi connectivity index (χ3n) is 4.70. The molecule has 0 fully saturated rings. The molecule has 0 saturated carbocycles. The first-order chi connectivity index (χ1) is 14.1. The highest BCUT2D eigenvalue weighted by Crippen LogP contribution is 2.31. The number of rotatable bonds is 5. The van der Waals surface area contributed by atoms with Crippen molar-refractivity contribution >= 4 is 22.2 Å². The number of amides is 1. The van der Waals surface area contributed by atoms with Gasteiger partial charge in [0.05, 0.1) is 28.9 Å². The molecule has 1 amide bonds. The number of hydrogen-bond acceptors (Lipinski definition) is 4. The molecule has 3 aromatic rings. The molecule has 9 heteroatoms. The molecule has 0 radical (unpaired) electrons. The van der Waals surface area contributed by atoms with Crippen molar-refractivity contribution in [1.29, 1.82) is 5.26 Å². The van der Waals surface area contributed by atoms with Crippen molar-refractivity contribution in [3.8, 4) is 11.8 Å². The van der Waals surface area contributed by atoms with Crippen LogP contribution in [0.15, 0.2) is 30.3 Å². The second-order valence-corrected chi connectivity index (χ2v) is 7.89. The SMILES string of the molecule is CCc1cc(C#N)c(NC(=O)Cc2c(C)nn(-c3cccc(C(F)(F)F)c3)c2C)s1. The van der Waals surface area contributed by atoms with Gasteiger partial charge in [-0.25, -0.2) is 4.68 Å². The van der Waals surface area contributed by atoms with Gasteiger partial charge in [-0.05, 0) is 44.5 Å². The zero-order valence-electron chi connectivity index (χ0n) is 16.6. The van der Waals surface area contributed by atoms with Crippen LogP contribution in [0.1, 0.15) is 39.9 Å². The molecule has 1 N–H and O–H groups in total. The van der Waals surface area contributed by atoms with E-state index < -0.39 is 11.7 Å². The number of halogens is 3. The summed E-state index contributed by atoms with van der Waals surface area (Å²) in [7, 11) is 0. The largest absolute Gasteiger partial charge is 0.416 e. The lowest BCUT2D eigenvalue weighted by atomic mass is 10.1. The molecule has 0 atom stereocenters. The normalized spacial score (nSPS) is 11.4. The van der Waals surface area contributed by atoms with Crippen molar-refractivity contribution in [3.63, 3.8) is 0 Å². The Labute approximate surface area is 175 Å². The number of carbonyl (C=O) groups is 1. The summed E-state index contributed by atoms with van der Waals surface area (Å²) in [4.78, 5) is 13.6. The molecule has 0 aliphatic carbocycles. The maximum Gasteiger partial charge on any atom is 0.416 e. The van der Waals surface area contributed by atoms with E-state index >= 15 is 0 Å². The number of anilines is 1. The molecule has 30 heavy (non-hydrogen) atoms. The lowest BCUT2D eigenvalue weighted by Crippen LogP contribution is -2.15. The zero-order chi connectivity index (χ0) is 22.1. The van der Waals surface area contributed by atoms with Gasteiger partial charge < -0.3 is 5.32 Å². The van der Waals surface area contributed by atoms with Crippen molar-refractivity contribution in [2.24, 2.45) is 0 Å². The fourth-order valence-corrected chi connectivity index (χ4v) is 4.08. The van der Waals surface area contributed by atoms with Crippen LogP contribution in [0.2, 0.25) is 0 Å². The first-order valence-corrected chi connectivity index (χ1v) is 10.0. The molecule has 3 rings (SSSR count). The van der Waals surface area contributed by atoms with Crippen molar-refractivity contribution in [2.75, 3.05) is 5.32 Å². The van der Waals surface area contributed by atoms with Crippen LogP contribution in [0, 0.1) is 25.2 Å². The summed E-state index contributed by atoms with van der Waals surface area (Å²) >= 11 is 1.36. The van der Waals surface area contributed by atoms with Gasteiger partial charge in [-0.3, -0.25) is 4.79 Å². The highest BCUT2D eigenvalue weighted by atomic mass is 32.1. The number of nitrogens with zero attached hydrogens (tertiary/aromatic N) is 3. The van der Waals surface area contributed by atoms with Gasteiger partial charge in [-0.15, -0.1) is 11.3 Å². The van der Waals surface area contributed by atoms with Crippen LogP contribution in [0.4, 0.5) is 18.2 Å². The summed E-state index contributed by atoms with van der Waals surface area (Å²) in [6.07, 6.45) is -3.69. The topological polar surface area (TPSA) is 70.7 Å². The number of nitrogens with one attached hydrogen (secondary N) is 1. The van der Waals surface area contributed by atoms with E-state index in [0.717, 1.165) is 23.4 Å². The van der Waals surface area contributed by atoms with Crippen LogP contribution in [0.3, 0.4) is 0 Å². The number of nitriles is 1. The van der Waals surface area contributed by atoms with E-state index in [1.54, 1.807) is 19.9 Å². The average Bonchev–Trinajstić information content (AvgIpc) is 3.22. The number of hydrogen-bond donors (Lipinski definition) is 1. The smallest absolute Gasteiger partial charge is 0.316 e. The van der Waals surface area contributed by atoms with Crippen LogP contribution in [0.25, 0.3) is 5.69 Å². The van der Waals surface area contributed by atoms with Gasteiger partial charge in [0.1, 0.15) is 11.1 Å². The van der Waals surface area contributed by atoms with E-state index in [1.807, 2.05) is 6.92 Å². The molecule has 0 spiro atoms. The second kappa shape index (κ2) is 8.32. The molecule has 0 saturated heterocycles. The maximum atomic E-state index is 13.0. The molecule has 156 valence electrons. The number of benzene rings is 1. The minimum absolute atomic E-state index is 0.000848. The van der Waals surface area contributed by atoms with Crippen LogP contribution in [-0.2, 0) is 23.8 Å². The minimum Gasteiger partial charge on any atom is -0.316 e. The van der Waals surface area contributed by atoms with Crippen LogP contribution < -0.4 is 5.32 Å². The Bertz CT molecular complexity index is 1140.